The van der Waals surface area contributed by atoms with Crippen molar-refractivity contribution in [1.29, 1.82) is 0 Å². The van der Waals surface area contributed by atoms with E-state index in [2.05, 4.69) is 25.7 Å². The Morgan fingerprint density at radius 2 is 2.05 bits per heavy atom. The van der Waals surface area contributed by atoms with Gasteiger partial charge in [0.1, 0.15) is 12.1 Å². The maximum Gasteiger partial charge on any atom is 0.324 e. The van der Waals surface area contributed by atoms with Crippen LogP contribution in [0.4, 0.5) is 16.3 Å². The molecule has 0 atom stereocenters. The number of amides is 2. The van der Waals surface area contributed by atoms with Gasteiger partial charge in [0.2, 0.25) is 0 Å². The van der Waals surface area contributed by atoms with Crippen molar-refractivity contribution in [3.8, 4) is 5.82 Å². The van der Waals surface area contributed by atoms with Gasteiger partial charge in [-0.1, -0.05) is 12.1 Å². The summed E-state index contributed by atoms with van der Waals surface area (Å²) >= 11 is 0. The van der Waals surface area contributed by atoms with E-state index in [1.54, 1.807) is 29.2 Å². The van der Waals surface area contributed by atoms with E-state index < -0.39 is 0 Å². The highest BCUT2D eigenvalue weighted by atomic mass is 16.2. The molecule has 7 heteroatoms. The molecule has 0 fully saturated rings. The summed E-state index contributed by atoms with van der Waals surface area (Å²) in [5, 5.41) is 9.50. The molecule has 3 rings (SSSR count). The lowest BCUT2D eigenvalue weighted by Crippen LogP contribution is -2.20. The van der Waals surface area contributed by atoms with Crippen molar-refractivity contribution >= 4 is 17.5 Å². The first-order valence-electron chi connectivity index (χ1n) is 6.67. The number of aromatic nitrogens is 4. The van der Waals surface area contributed by atoms with Crippen LogP contribution in [0.25, 0.3) is 5.82 Å². The summed E-state index contributed by atoms with van der Waals surface area (Å²) in [4.78, 5) is 20.1. The predicted molar refractivity (Wildman–Crippen MR) is 83.0 cm³/mol. The van der Waals surface area contributed by atoms with E-state index in [1.165, 1.54) is 6.33 Å². The van der Waals surface area contributed by atoms with E-state index >= 15 is 0 Å². The molecular formula is C15H14N6O. The second-order valence-corrected chi connectivity index (χ2v) is 4.66. The highest BCUT2D eigenvalue weighted by molar-refractivity contribution is 5.99. The maximum atomic E-state index is 12.0. The Hall–Kier alpha value is -3.22. The van der Waals surface area contributed by atoms with Gasteiger partial charge in [-0.25, -0.2) is 19.4 Å². The normalized spacial score (nSPS) is 10.2. The summed E-state index contributed by atoms with van der Waals surface area (Å²) in [6, 6.07) is 10.6. The zero-order chi connectivity index (χ0) is 15.4. The molecule has 2 amide bonds. The van der Waals surface area contributed by atoms with Crippen LogP contribution < -0.4 is 10.6 Å². The molecule has 2 heterocycles. The fraction of sp³-hybridized carbons (Fsp3) is 0.0667. The van der Waals surface area contributed by atoms with Crippen molar-refractivity contribution in [3.05, 3.63) is 60.7 Å². The molecule has 1 aromatic carbocycles. The van der Waals surface area contributed by atoms with Crippen LogP contribution in [0.3, 0.4) is 0 Å². The molecule has 2 aromatic heterocycles. The number of urea groups is 1. The molecule has 0 aliphatic rings. The van der Waals surface area contributed by atoms with Crippen LogP contribution in [-0.4, -0.2) is 25.8 Å². The van der Waals surface area contributed by atoms with Crippen LogP contribution >= 0.6 is 0 Å². The standard InChI is InChI=1S/C15H14N6O/c1-11-4-2-5-12(8-11)19-15(22)20-13-9-14(17-10-16-13)21-7-3-6-18-21/h2-10H,1H3,(H2,16,17,19,20,22). The second kappa shape index (κ2) is 6.04. The average Bonchev–Trinajstić information content (AvgIpc) is 3.01. The molecule has 2 N–H and O–H groups in total. The molecule has 0 aliphatic carbocycles. The third-order valence-corrected chi connectivity index (χ3v) is 2.91. The third kappa shape index (κ3) is 3.26. The minimum atomic E-state index is -0.365. The topological polar surface area (TPSA) is 84.7 Å². The van der Waals surface area contributed by atoms with E-state index in [1.807, 2.05) is 31.2 Å². The molecule has 0 bridgehead atoms. The summed E-state index contributed by atoms with van der Waals surface area (Å²) in [5.74, 6) is 0.969. The average molecular weight is 294 g/mol. The number of aryl methyl sites for hydroxylation is 1. The van der Waals surface area contributed by atoms with Gasteiger partial charge in [-0.15, -0.1) is 0 Å². The summed E-state index contributed by atoms with van der Waals surface area (Å²) in [6.07, 6.45) is 4.79. The summed E-state index contributed by atoms with van der Waals surface area (Å²) < 4.78 is 1.59. The molecule has 0 radical (unpaired) electrons. The quantitative estimate of drug-likeness (QED) is 0.777. The Morgan fingerprint density at radius 3 is 2.82 bits per heavy atom. The second-order valence-electron chi connectivity index (χ2n) is 4.66. The fourth-order valence-electron chi connectivity index (χ4n) is 1.95. The van der Waals surface area contributed by atoms with Crippen molar-refractivity contribution < 1.29 is 4.79 Å². The number of carbonyl (C=O) groups excluding carboxylic acids is 1. The zero-order valence-electron chi connectivity index (χ0n) is 11.9. The van der Waals surface area contributed by atoms with Gasteiger partial charge >= 0.3 is 6.03 Å². The maximum absolute atomic E-state index is 12.0. The van der Waals surface area contributed by atoms with Gasteiger partial charge in [-0.2, -0.15) is 5.10 Å². The molecule has 0 aliphatic heterocycles. The Kier molecular flexibility index (Phi) is 3.78. The largest absolute Gasteiger partial charge is 0.324 e. The summed E-state index contributed by atoms with van der Waals surface area (Å²) in [5.41, 5.74) is 1.79. The predicted octanol–water partition coefficient (Wildman–Crippen LogP) is 2.61. The molecule has 0 saturated carbocycles. The SMILES string of the molecule is Cc1cccc(NC(=O)Nc2cc(-n3cccn3)ncn2)c1. The van der Waals surface area contributed by atoms with E-state index in [0.717, 1.165) is 11.3 Å². The number of rotatable bonds is 3. The van der Waals surface area contributed by atoms with Crippen molar-refractivity contribution in [2.75, 3.05) is 10.6 Å². The third-order valence-electron chi connectivity index (χ3n) is 2.91. The van der Waals surface area contributed by atoms with E-state index in [4.69, 9.17) is 0 Å². The summed E-state index contributed by atoms with van der Waals surface area (Å²) in [7, 11) is 0. The molecule has 22 heavy (non-hydrogen) atoms. The van der Waals surface area contributed by atoms with E-state index in [0.29, 0.717) is 11.6 Å². The Labute approximate surface area is 127 Å². The van der Waals surface area contributed by atoms with Crippen LogP contribution in [0.5, 0.6) is 0 Å². The van der Waals surface area contributed by atoms with Crippen LogP contribution in [0, 0.1) is 6.92 Å². The zero-order valence-corrected chi connectivity index (χ0v) is 11.9. The van der Waals surface area contributed by atoms with Gasteiger partial charge in [-0.3, -0.25) is 5.32 Å². The number of hydrogen-bond acceptors (Lipinski definition) is 4. The van der Waals surface area contributed by atoms with Crippen LogP contribution in [0.1, 0.15) is 5.56 Å². The van der Waals surface area contributed by atoms with Gasteiger partial charge in [0, 0.05) is 24.1 Å². The molecule has 7 nitrogen and oxygen atoms in total. The minimum Gasteiger partial charge on any atom is -0.308 e. The molecular weight excluding hydrogens is 280 g/mol. The van der Waals surface area contributed by atoms with Gasteiger partial charge in [0.25, 0.3) is 0 Å². The first-order chi connectivity index (χ1) is 10.7. The van der Waals surface area contributed by atoms with Gasteiger partial charge in [0.05, 0.1) is 0 Å². The lowest BCUT2D eigenvalue weighted by atomic mass is 10.2. The Bertz CT molecular complexity index is 784. The highest BCUT2D eigenvalue weighted by Gasteiger charge is 2.06. The molecule has 0 unspecified atom stereocenters. The van der Waals surface area contributed by atoms with E-state index in [9.17, 15) is 4.79 Å². The van der Waals surface area contributed by atoms with Crippen molar-refractivity contribution in [3.63, 3.8) is 0 Å². The Morgan fingerprint density at radius 1 is 1.14 bits per heavy atom. The van der Waals surface area contributed by atoms with Crippen LogP contribution in [0.15, 0.2) is 55.1 Å². The minimum absolute atomic E-state index is 0.365. The molecule has 110 valence electrons. The number of hydrogen-bond donors (Lipinski definition) is 2. The monoisotopic (exact) mass is 294 g/mol. The lowest BCUT2D eigenvalue weighted by molar-refractivity contribution is 0.262. The van der Waals surface area contributed by atoms with Crippen molar-refractivity contribution in [1.82, 2.24) is 19.7 Å². The fourth-order valence-corrected chi connectivity index (χ4v) is 1.95. The number of nitrogens with one attached hydrogen (secondary N) is 2. The summed E-state index contributed by atoms with van der Waals surface area (Å²) in [6.45, 7) is 1.96. The molecule has 0 saturated heterocycles. The van der Waals surface area contributed by atoms with Gasteiger partial charge in [0.15, 0.2) is 5.82 Å². The smallest absolute Gasteiger partial charge is 0.308 e. The van der Waals surface area contributed by atoms with Crippen LogP contribution in [0.2, 0.25) is 0 Å². The Balaban J connectivity index is 1.70. The lowest BCUT2D eigenvalue weighted by Gasteiger charge is -2.08. The van der Waals surface area contributed by atoms with Gasteiger partial charge < -0.3 is 5.32 Å². The molecule has 3 aromatic rings. The molecule has 0 spiro atoms. The number of nitrogens with zero attached hydrogens (tertiary/aromatic N) is 4. The first-order valence-corrected chi connectivity index (χ1v) is 6.67. The first kappa shape index (κ1) is 13.7. The van der Waals surface area contributed by atoms with E-state index in [-0.39, 0.29) is 6.03 Å². The number of benzene rings is 1. The van der Waals surface area contributed by atoms with Gasteiger partial charge in [-0.05, 0) is 30.7 Å². The number of anilines is 2. The van der Waals surface area contributed by atoms with Crippen molar-refractivity contribution in [2.45, 2.75) is 6.92 Å². The number of carbonyl (C=O) groups is 1. The van der Waals surface area contributed by atoms with Crippen LogP contribution in [-0.2, 0) is 0 Å². The van der Waals surface area contributed by atoms with Crippen molar-refractivity contribution in [2.24, 2.45) is 0 Å². The highest BCUT2D eigenvalue weighted by Crippen LogP contribution is 2.11.